The van der Waals surface area contributed by atoms with Crippen molar-refractivity contribution in [1.29, 1.82) is 0 Å². The molecule has 0 aliphatic heterocycles. The first kappa shape index (κ1) is 60.5. The highest BCUT2D eigenvalue weighted by atomic mass is 31.2. The summed E-state index contributed by atoms with van der Waals surface area (Å²) in [5, 5.41) is 0. The van der Waals surface area contributed by atoms with Gasteiger partial charge in [-0.1, -0.05) is 196 Å². The summed E-state index contributed by atoms with van der Waals surface area (Å²) in [6, 6.07) is 0. The van der Waals surface area contributed by atoms with Crippen molar-refractivity contribution < 1.29 is 37.6 Å². The summed E-state index contributed by atoms with van der Waals surface area (Å²) in [5.41, 5.74) is 5.37. The number of carbonyl (C=O) groups excluding carboxylic acids is 2. The summed E-state index contributed by atoms with van der Waals surface area (Å²) < 4.78 is 32.9. The highest BCUT2D eigenvalue weighted by molar-refractivity contribution is 7.47. The van der Waals surface area contributed by atoms with Gasteiger partial charge in [0.15, 0.2) is 6.10 Å². The molecule has 0 aliphatic rings. The number of nitrogens with two attached hydrogens (primary N) is 1. The molecule has 0 amide bonds. The predicted molar refractivity (Wildman–Crippen MR) is 266 cm³/mol. The van der Waals surface area contributed by atoms with Crippen LogP contribution in [0.4, 0.5) is 0 Å². The molecule has 0 aliphatic carbocycles. The maximum Gasteiger partial charge on any atom is 0.472 e. The molecule has 0 aromatic rings. The van der Waals surface area contributed by atoms with Crippen molar-refractivity contribution in [2.24, 2.45) is 5.73 Å². The van der Waals surface area contributed by atoms with Gasteiger partial charge in [-0.2, -0.15) is 0 Å². The maximum absolute atomic E-state index is 12.7. The minimum absolute atomic E-state index is 0.0482. The van der Waals surface area contributed by atoms with Gasteiger partial charge in [0.25, 0.3) is 0 Å². The highest BCUT2D eigenvalue weighted by Crippen LogP contribution is 2.43. The Morgan fingerprint density at radius 2 is 0.873 bits per heavy atom. The van der Waals surface area contributed by atoms with Gasteiger partial charge >= 0.3 is 19.8 Å². The normalized spacial score (nSPS) is 13.8. The van der Waals surface area contributed by atoms with Gasteiger partial charge in [-0.05, 0) is 83.5 Å². The number of unbranched alkanes of at least 4 members (excludes halogenated alkanes) is 22. The largest absolute Gasteiger partial charge is 0.472 e. The molecule has 9 nitrogen and oxygen atoms in total. The minimum Gasteiger partial charge on any atom is -0.462 e. The van der Waals surface area contributed by atoms with E-state index in [0.29, 0.717) is 6.42 Å². The minimum atomic E-state index is -4.39. The molecule has 63 heavy (non-hydrogen) atoms. The monoisotopic (exact) mass is 904 g/mol. The maximum atomic E-state index is 12.7. The summed E-state index contributed by atoms with van der Waals surface area (Å²) in [4.78, 5) is 35.1. The van der Waals surface area contributed by atoms with Crippen molar-refractivity contribution in [2.75, 3.05) is 26.4 Å². The zero-order chi connectivity index (χ0) is 46.0. The third-order valence-electron chi connectivity index (χ3n) is 10.6. The van der Waals surface area contributed by atoms with E-state index in [1.807, 2.05) is 0 Å². The highest BCUT2D eigenvalue weighted by Gasteiger charge is 2.26. The quantitative estimate of drug-likeness (QED) is 0.0265. The number of allylic oxidation sites excluding steroid dienone is 12. The van der Waals surface area contributed by atoms with Gasteiger partial charge in [-0.15, -0.1) is 0 Å². The molecule has 10 heteroatoms. The van der Waals surface area contributed by atoms with Gasteiger partial charge in [0.2, 0.25) is 0 Å². The lowest BCUT2D eigenvalue weighted by molar-refractivity contribution is -0.161. The lowest BCUT2D eigenvalue weighted by Crippen LogP contribution is -2.29. The molecule has 3 N–H and O–H groups in total. The van der Waals surface area contributed by atoms with Gasteiger partial charge < -0.3 is 20.1 Å². The Labute approximate surface area is 386 Å². The molecule has 0 spiro atoms. The van der Waals surface area contributed by atoms with Crippen LogP contribution in [0.5, 0.6) is 0 Å². The van der Waals surface area contributed by atoms with Crippen LogP contribution in [-0.4, -0.2) is 49.3 Å². The van der Waals surface area contributed by atoms with Crippen molar-refractivity contribution in [3.8, 4) is 0 Å². The van der Waals surface area contributed by atoms with E-state index < -0.39 is 26.5 Å². The molecular weight excluding hydrogens is 810 g/mol. The molecule has 0 fully saturated rings. The van der Waals surface area contributed by atoms with Crippen molar-refractivity contribution in [3.05, 3.63) is 72.9 Å². The third-order valence-corrected chi connectivity index (χ3v) is 11.6. The Hall–Kier alpha value is -2.55. The summed E-state index contributed by atoms with van der Waals surface area (Å²) >= 11 is 0. The Morgan fingerprint density at radius 1 is 0.492 bits per heavy atom. The van der Waals surface area contributed by atoms with E-state index in [4.69, 9.17) is 24.3 Å². The van der Waals surface area contributed by atoms with Crippen LogP contribution in [0, 0.1) is 0 Å². The number of carbonyl (C=O) groups is 2. The van der Waals surface area contributed by atoms with Crippen molar-refractivity contribution in [1.82, 2.24) is 0 Å². The van der Waals surface area contributed by atoms with E-state index in [-0.39, 0.29) is 38.6 Å². The molecule has 0 radical (unpaired) electrons. The average Bonchev–Trinajstić information content (AvgIpc) is 3.27. The molecule has 2 atom stereocenters. The number of ether oxygens (including phenoxy) is 2. The fourth-order valence-electron chi connectivity index (χ4n) is 6.83. The summed E-state index contributed by atoms with van der Waals surface area (Å²) in [6.07, 6.45) is 60.7. The SMILES string of the molecule is CC/C=C\C/C=C\C/C=C\C/C=C\CCCCCCCCCCC(=O)OC(COC(=O)CCCCCCCCCCC/C=C\C/C=C\CCCCCCC)COP(=O)(O)OCCN. The Kier molecular flexibility index (Phi) is 46.9. The van der Waals surface area contributed by atoms with E-state index in [9.17, 15) is 19.0 Å². The van der Waals surface area contributed by atoms with E-state index in [1.165, 1.54) is 103 Å². The molecule has 0 bridgehead atoms. The molecule has 0 saturated heterocycles. The Bertz CT molecular complexity index is 1260. The molecule has 2 unspecified atom stereocenters. The second-order valence-corrected chi connectivity index (χ2v) is 18.1. The van der Waals surface area contributed by atoms with Crippen molar-refractivity contribution >= 4 is 19.8 Å². The standard InChI is InChI=1S/C53H94NO8P/c1-3-5-7-9-11-13-15-17-19-21-23-25-27-29-31-33-35-37-39-41-43-45-52(55)59-49-51(50-61-63(57,58)60-48-47-54)62-53(56)46-44-42-40-38-36-34-32-30-28-26-24-22-20-18-16-14-12-10-8-6-4-2/h6,8,12,14-15,17-18,20-21,23-24,26,51H,3-5,7,9-11,13,16,19,22,25,27-50,54H2,1-2H3,(H,57,58)/b8-6-,14-12-,17-15-,20-18-,23-21-,26-24-. The molecule has 364 valence electrons. The smallest absolute Gasteiger partial charge is 0.462 e. The first-order chi connectivity index (χ1) is 30.8. The fraction of sp³-hybridized carbons (Fsp3) is 0.736. The number of rotatable bonds is 47. The predicted octanol–water partition coefficient (Wildman–Crippen LogP) is 15.4. The van der Waals surface area contributed by atoms with Gasteiger partial charge in [-0.3, -0.25) is 18.6 Å². The van der Waals surface area contributed by atoms with Crippen LogP contribution in [0.15, 0.2) is 72.9 Å². The van der Waals surface area contributed by atoms with Crippen LogP contribution in [0.2, 0.25) is 0 Å². The molecular formula is C53H94NO8P. The van der Waals surface area contributed by atoms with Crippen molar-refractivity contribution in [3.63, 3.8) is 0 Å². The van der Waals surface area contributed by atoms with E-state index in [2.05, 4.69) is 86.8 Å². The second kappa shape index (κ2) is 48.9. The third kappa shape index (κ3) is 48.7. The fourth-order valence-corrected chi connectivity index (χ4v) is 7.60. The zero-order valence-corrected chi connectivity index (χ0v) is 41.2. The molecule has 0 rings (SSSR count). The van der Waals surface area contributed by atoms with Crippen LogP contribution in [0.1, 0.15) is 219 Å². The molecule has 0 aromatic heterocycles. The van der Waals surface area contributed by atoms with E-state index in [0.717, 1.165) is 83.5 Å². The first-order valence-corrected chi connectivity index (χ1v) is 26.9. The lowest BCUT2D eigenvalue weighted by atomic mass is 10.1. The van der Waals surface area contributed by atoms with Gasteiger partial charge in [0.05, 0.1) is 13.2 Å². The number of phosphoric ester groups is 1. The van der Waals surface area contributed by atoms with Crippen molar-refractivity contribution in [2.45, 2.75) is 225 Å². The topological polar surface area (TPSA) is 134 Å². The van der Waals surface area contributed by atoms with Crippen LogP contribution in [-0.2, 0) is 32.7 Å². The number of hydrogen-bond donors (Lipinski definition) is 2. The van der Waals surface area contributed by atoms with Crippen LogP contribution in [0.25, 0.3) is 0 Å². The summed E-state index contributed by atoms with van der Waals surface area (Å²) in [6.45, 7) is 3.61. The van der Waals surface area contributed by atoms with Gasteiger partial charge in [-0.25, -0.2) is 4.57 Å². The van der Waals surface area contributed by atoms with E-state index in [1.54, 1.807) is 0 Å². The summed E-state index contributed by atoms with van der Waals surface area (Å²) in [5.74, 6) is -0.842. The van der Waals surface area contributed by atoms with Gasteiger partial charge in [0, 0.05) is 19.4 Å². The van der Waals surface area contributed by atoms with E-state index >= 15 is 0 Å². The summed E-state index contributed by atoms with van der Waals surface area (Å²) in [7, 11) is -4.39. The zero-order valence-electron chi connectivity index (χ0n) is 40.3. The molecule has 0 aromatic carbocycles. The first-order valence-electron chi connectivity index (χ1n) is 25.4. The Morgan fingerprint density at radius 3 is 1.30 bits per heavy atom. The van der Waals surface area contributed by atoms with Crippen LogP contribution < -0.4 is 5.73 Å². The van der Waals surface area contributed by atoms with Crippen LogP contribution >= 0.6 is 7.82 Å². The molecule has 0 saturated carbocycles. The average molecular weight is 904 g/mol. The molecule has 0 heterocycles. The van der Waals surface area contributed by atoms with Gasteiger partial charge in [0.1, 0.15) is 6.61 Å². The lowest BCUT2D eigenvalue weighted by Gasteiger charge is -2.19. The Balaban J connectivity index is 4.09. The number of esters is 2. The number of hydrogen-bond acceptors (Lipinski definition) is 8. The number of phosphoric acid groups is 1. The second-order valence-electron chi connectivity index (χ2n) is 16.7. The van der Waals surface area contributed by atoms with Crippen LogP contribution in [0.3, 0.4) is 0 Å².